The highest BCUT2D eigenvalue weighted by atomic mass is 32.1. The van der Waals surface area contributed by atoms with Crippen molar-refractivity contribution in [1.82, 2.24) is 4.37 Å². The van der Waals surface area contributed by atoms with E-state index in [1.807, 2.05) is 0 Å². The lowest BCUT2D eigenvalue weighted by Gasteiger charge is -2.03. The minimum Gasteiger partial charge on any atom is -0.504 e. The molecule has 0 radical (unpaired) electrons. The van der Waals surface area contributed by atoms with Gasteiger partial charge in [0.05, 0.1) is 0 Å². The molecule has 0 aliphatic heterocycles. The SMILES string of the molecule is O=C(O)c1cc(C(=O)Oc2ccccc2O)sn1. The van der Waals surface area contributed by atoms with E-state index < -0.39 is 11.9 Å². The highest BCUT2D eigenvalue weighted by Gasteiger charge is 2.17. The number of esters is 1. The fourth-order valence-corrected chi connectivity index (χ4v) is 1.77. The number of hydrogen-bond acceptors (Lipinski definition) is 6. The van der Waals surface area contributed by atoms with Crippen molar-refractivity contribution in [3.05, 3.63) is 40.9 Å². The molecule has 0 saturated heterocycles. The second-order valence-electron chi connectivity index (χ2n) is 3.24. The van der Waals surface area contributed by atoms with Crippen LogP contribution >= 0.6 is 11.5 Å². The molecule has 0 aliphatic carbocycles. The van der Waals surface area contributed by atoms with Gasteiger partial charge in [-0.3, -0.25) is 0 Å². The van der Waals surface area contributed by atoms with Crippen LogP contribution in [-0.4, -0.2) is 26.5 Å². The quantitative estimate of drug-likeness (QED) is 0.648. The van der Waals surface area contributed by atoms with E-state index in [2.05, 4.69) is 4.37 Å². The largest absolute Gasteiger partial charge is 0.504 e. The lowest BCUT2D eigenvalue weighted by molar-refractivity contribution is 0.0691. The molecule has 1 heterocycles. The lowest BCUT2D eigenvalue weighted by atomic mass is 10.3. The number of aromatic hydroxyl groups is 1. The van der Waals surface area contributed by atoms with Crippen molar-refractivity contribution in [1.29, 1.82) is 0 Å². The Hall–Kier alpha value is -2.41. The predicted molar refractivity (Wildman–Crippen MR) is 62.1 cm³/mol. The smallest absolute Gasteiger partial charge is 0.355 e. The molecule has 18 heavy (non-hydrogen) atoms. The van der Waals surface area contributed by atoms with E-state index in [0.29, 0.717) is 0 Å². The van der Waals surface area contributed by atoms with E-state index in [0.717, 1.165) is 17.6 Å². The average molecular weight is 265 g/mol. The first-order valence-corrected chi connectivity index (χ1v) is 5.55. The minimum absolute atomic E-state index is 0.00720. The molecule has 0 spiro atoms. The normalized spacial score (nSPS) is 10.0. The van der Waals surface area contributed by atoms with Crippen LogP contribution in [0.25, 0.3) is 0 Å². The molecule has 0 aliphatic rings. The summed E-state index contributed by atoms with van der Waals surface area (Å²) in [6, 6.07) is 7.10. The Morgan fingerprint density at radius 2 is 2.00 bits per heavy atom. The van der Waals surface area contributed by atoms with E-state index in [1.54, 1.807) is 12.1 Å². The lowest BCUT2D eigenvalue weighted by Crippen LogP contribution is -2.06. The van der Waals surface area contributed by atoms with Gasteiger partial charge in [-0.1, -0.05) is 12.1 Å². The number of hydrogen-bond donors (Lipinski definition) is 2. The summed E-state index contributed by atoms with van der Waals surface area (Å²) < 4.78 is 8.49. The van der Waals surface area contributed by atoms with Gasteiger partial charge in [0, 0.05) is 0 Å². The number of carbonyl (C=O) groups excluding carboxylic acids is 1. The van der Waals surface area contributed by atoms with Crippen molar-refractivity contribution in [2.45, 2.75) is 0 Å². The Kier molecular flexibility index (Phi) is 3.24. The summed E-state index contributed by atoms with van der Waals surface area (Å²) >= 11 is 0.724. The standard InChI is InChI=1S/C11H7NO5S/c13-7-3-1-2-4-8(7)17-11(16)9-5-6(10(14)15)12-18-9/h1-5,13H,(H,14,15). The molecular weight excluding hydrogens is 258 g/mol. The number of phenolic OH excluding ortho intramolecular Hbond substituents is 1. The molecule has 0 bridgehead atoms. The highest BCUT2D eigenvalue weighted by molar-refractivity contribution is 7.08. The zero-order valence-electron chi connectivity index (χ0n) is 8.86. The van der Waals surface area contributed by atoms with Gasteiger partial charge in [0.1, 0.15) is 4.88 Å². The first-order chi connectivity index (χ1) is 8.58. The first kappa shape index (κ1) is 12.1. The van der Waals surface area contributed by atoms with E-state index in [1.165, 1.54) is 12.1 Å². The maximum atomic E-state index is 11.6. The fourth-order valence-electron chi connectivity index (χ4n) is 1.17. The Morgan fingerprint density at radius 3 is 2.61 bits per heavy atom. The number of para-hydroxylation sites is 2. The van der Waals surface area contributed by atoms with Crippen LogP contribution in [0, 0.1) is 0 Å². The third kappa shape index (κ3) is 2.46. The van der Waals surface area contributed by atoms with E-state index in [4.69, 9.17) is 9.84 Å². The summed E-state index contributed by atoms with van der Waals surface area (Å²) in [7, 11) is 0. The van der Waals surface area contributed by atoms with Gasteiger partial charge >= 0.3 is 11.9 Å². The number of rotatable bonds is 3. The molecule has 1 aromatic heterocycles. The van der Waals surface area contributed by atoms with Crippen LogP contribution in [0.3, 0.4) is 0 Å². The van der Waals surface area contributed by atoms with Crippen molar-refractivity contribution < 1.29 is 24.5 Å². The number of phenols is 1. The van der Waals surface area contributed by atoms with Crippen molar-refractivity contribution in [3.63, 3.8) is 0 Å². The maximum Gasteiger partial charge on any atom is 0.355 e. The zero-order chi connectivity index (χ0) is 13.1. The molecule has 6 nitrogen and oxygen atoms in total. The highest BCUT2D eigenvalue weighted by Crippen LogP contribution is 2.25. The molecule has 1 aromatic carbocycles. The Labute approximate surface area is 105 Å². The predicted octanol–water partition coefficient (Wildman–Crippen LogP) is 1.77. The average Bonchev–Trinajstić information content (AvgIpc) is 2.81. The summed E-state index contributed by atoms with van der Waals surface area (Å²) in [6.07, 6.45) is 0. The van der Waals surface area contributed by atoms with E-state index >= 15 is 0 Å². The van der Waals surface area contributed by atoms with Crippen LogP contribution in [-0.2, 0) is 0 Å². The fraction of sp³-hybridized carbons (Fsp3) is 0. The number of aromatic carboxylic acids is 1. The van der Waals surface area contributed by atoms with Crippen LogP contribution in [0.15, 0.2) is 30.3 Å². The summed E-state index contributed by atoms with van der Waals surface area (Å²) in [4.78, 5) is 22.3. The minimum atomic E-state index is -1.21. The second-order valence-corrected chi connectivity index (χ2v) is 4.04. The second kappa shape index (κ2) is 4.84. The van der Waals surface area contributed by atoms with Gasteiger partial charge < -0.3 is 14.9 Å². The molecule has 2 rings (SSSR count). The number of carboxylic acid groups (broad SMARTS) is 1. The molecule has 2 aromatic rings. The molecule has 0 fully saturated rings. The van der Waals surface area contributed by atoms with Gasteiger partial charge in [0.25, 0.3) is 0 Å². The van der Waals surface area contributed by atoms with Crippen molar-refractivity contribution in [2.75, 3.05) is 0 Å². The topological polar surface area (TPSA) is 96.7 Å². The Bertz CT molecular complexity index is 607. The number of carboxylic acids is 1. The van der Waals surface area contributed by atoms with Crippen LogP contribution in [0.5, 0.6) is 11.5 Å². The van der Waals surface area contributed by atoms with E-state index in [9.17, 15) is 14.7 Å². The van der Waals surface area contributed by atoms with Gasteiger partial charge in [-0.25, -0.2) is 9.59 Å². The summed E-state index contributed by atoms with van der Waals surface area (Å²) in [5.41, 5.74) is -0.218. The van der Waals surface area contributed by atoms with Crippen LogP contribution in [0.2, 0.25) is 0 Å². The molecule has 7 heteroatoms. The monoisotopic (exact) mass is 265 g/mol. The van der Waals surface area contributed by atoms with Gasteiger partial charge in [0.2, 0.25) is 0 Å². The Morgan fingerprint density at radius 1 is 1.28 bits per heavy atom. The van der Waals surface area contributed by atoms with Gasteiger partial charge in [0.15, 0.2) is 17.2 Å². The molecular formula is C11H7NO5S. The van der Waals surface area contributed by atoms with Gasteiger partial charge in [-0.05, 0) is 29.7 Å². The molecule has 0 saturated carbocycles. The third-order valence-corrected chi connectivity index (χ3v) is 2.77. The molecule has 92 valence electrons. The van der Waals surface area contributed by atoms with Crippen molar-refractivity contribution in [3.8, 4) is 11.5 Å². The maximum absolute atomic E-state index is 11.6. The number of carbonyl (C=O) groups is 2. The molecule has 0 atom stereocenters. The molecule has 0 unspecified atom stereocenters. The van der Waals surface area contributed by atoms with Gasteiger partial charge in [-0.15, -0.1) is 0 Å². The van der Waals surface area contributed by atoms with Crippen LogP contribution in [0.4, 0.5) is 0 Å². The van der Waals surface area contributed by atoms with E-state index in [-0.39, 0.29) is 22.1 Å². The summed E-state index contributed by atoms with van der Waals surface area (Å²) in [6.45, 7) is 0. The number of aromatic nitrogens is 1. The van der Waals surface area contributed by atoms with Crippen molar-refractivity contribution >= 4 is 23.5 Å². The molecule has 0 amide bonds. The van der Waals surface area contributed by atoms with Crippen LogP contribution < -0.4 is 4.74 Å². The van der Waals surface area contributed by atoms with Crippen molar-refractivity contribution in [2.24, 2.45) is 0 Å². The zero-order valence-corrected chi connectivity index (χ0v) is 9.68. The number of nitrogens with zero attached hydrogens (tertiary/aromatic N) is 1. The first-order valence-electron chi connectivity index (χ1n) is 4.78. The number of ether oxygens (including phenoxy) is 1. The number of benzene rings is 1. The summed E-state index contributed by atoms with van der Waals surface area (Å²) in [5.74, 6) is -2.14. The molecule has 2 N–H and O–H groups in total. The van der Waals surface area contributed by atoms with Gasteiger partial charge in [-0.2, -0.15) is 4.37 Å². The third-order valence-electron chi connectivity index (χ3n) is 2.00. The Balaban J connectivity index is 2.17. The summed E-state index contributed by atoms with van der Waals surface area (Å²) in [5, 5.41) is 18.1. The van der Waals surface area contributed by atoms with Crippen LogP contribution in [0.1, 0.15) is 20.2 Å².